The Morgan fingerprint density at radius 3 is 2.70 bits per heavy atom. The van der Waals surface area contributed by atoms with Gasteiger partial charge in [-0.05, 0) is 30.2 Å². The molecular weight excluding hydrogens is 261 g/mol. The number of rotatable bonds is 4. The Labute approximate surface area is 115 Å². The van der Waals surface area contributed by atoms with E-state index in [1.165, 1.54) is 24.4 Å². The molecule has 1 atom stereocenters. The van der Waals surface area contributed by atoms with E-state index in [2.05, 4.69) is 10.3 Å². The number of halogens is 1. The number of nitrogens with two attached hydrogens (primary N) is 1. The number of carbonyl (C=O) groups excluding carboxylic acids is 1. The van der Waals surface area contributed by atoms with Gasteiger partial charge in [0.15, 0.2) is 5.82 Å². The van der Waals surface area contributed by atoms with Crippen LogP contribution in [0.2, 0.25) is 0 Å². The molecule has 1 heterocycles. The molecular formula is C14H14FN3O2. The van der Waals surface area contributed by atoms with E-state index in [4.69, 9.17) is 10.8 Å². The molecule has 0 saturated carbocycles. The van der Waals surface area contributed by atoms with Crippen LogP contribution >= 0.6 is 0 Å². The monoisotopic (exact) mass is 275 g/mol. The zero-order chi connectivity index (χ0) is 14.5. The molecule has 1 amide bonds. The standard InChI is InChI=1S/C14H14FN3O2/c15-11-8-17-6-5-13(11)18-14(20)12(16)7-9-1-3-10(19)4-2-9/h1-6,8,12,19H,7,16H2,(H,17,18,20). The van der Waals surface area contributed by atoms with Crippen molar-refractivity contribution in [2.75, 3.05) is 5.32 Å². The van der Waals surface area contributed by atoms with Crippen LogP contribution < -0.4 is 11.1 Å². The number of aromatic hydroxyl groups is 1. The number of hydrogen-bond donors (Lipinski definition) is 3. The highest BCUT2D eigenvalue weighted by Crippen LogP contribution is 2.13. The zero-order valence-electron chi connectivity index (χ0n) is 10.6. The highest BCUT2D eigenvalue weighted by molar-refractivity contribution is 5.94. The summed E-state index contributed by atoms with van der Waals surface area (Å²) < 4.78 is 13.3. The summed E-state index contributed by atoms with van der Waals surface area (Å²) in [7, 11) is 0. The molecule has 0 bridgehead atoms. The fraction of sp³-hybridized carbons (Fsp3) is 0.143. The Morgan fingerprint density at radius 2 is 2.05 bits per heavy atom. The largest absolute Gasteiger partial charge is 0.508 e. The van der Waals surface area contributed by atoms with Crippen LogP contribution in [0, 0.1) is 5.82 Å². The fourth-order valence-electron chi connectivity index (χ4n) is 1.68. The fourth-order valence-corrected chi connectivity index (χ4v) is 1.68. The molecule has 2 rings (SSSR count). The summed E-state index contributed by atoms with van der Waals surface area (Å²) in [5, 5.41) is 11.6. The van der Waals surface area contributed by atoms with Crippen LogP contribution in [0.15, 0.2) is 42.7 Å². The van der Waals surface area contributed by atoms with E-state index in [1.54, 1.807) is 12.1 Å². The predicted molar refractivity (Wildman–Crippen MR) is 72.6 cm³/mol. The van der Waals surface area contributed by atoms with Gasteiger partial charge in [-0.3, -0.25) is 9.78 Å². The molecule has 6 heteroatoms. The summed E-state index contributed by atoms with van der Waals surface area (Å²) in [6, 6.07) is 6.93. The van der Waals surface area contributed by atoms with E-state index >= 15 is 0 Å². The molecule has 0 saturated heterocycles. The van der Waals surface area contributed by atoms with E-state index in [1.807, 2.05) is 0 Å². The van der Waals surface area contributed by atoms with Crippen molar-refractivity contribution in [3.8, 4) is 5.75 Å². The molecule has 0 fully saturated rings. The first-order chi connectivity index (χ1) is 9.56. The second kappa shape index (κ2) is 6.12. The van der Waals surface area contributed by atoms with Gasteiger partial charge < -0.3 is 16.2 Å². The number of nitrogens with zero attached hydrogens (tertiary/aromatic N) is 1. The lowest BCUT2D eigenvalue weighted by Gasteiger charge is -2.12. The molecule has 0 aliphatic rings. The molecule has 4 N–H and O–H groups in total. The highest BCUT2D eigenvalue weighted by atomic mass is 19.1. The molecule has 2 aromatic rings. The van der Waals surface area contributed by atoms with Crippen molar-refractivity contribution >= 4 is 11.6 Å². The van der Waals surface area contributed by atoms with Crippen molar-refractivity contribution in [1.82, 2.24) is 4.98 Å². The van der Waals surface area contributed by atoms with Gasteiger partial charge in [0.2, 0.25) is 5.91 Å². The van der Waals surface area contributed by atoms with Crippen LogP contribution in [-0.4, -0.2) is 22.0 Å². The Bertz CT molecular complexity index is 602. The predicted octanol–water partition coefficient (Wildman–Crippen LogP) is 1.43. The van der Waals surface area contributed by atoms with Gasteiger partial charge >= 0.3 is 0 Å². The van der Waals surface area contributed by atoms with E-state index in [0.717, 1.165) is 11.8 Å². The molecule has 1 aromatic heterocycles. The van der Waals surface area contributed by atoms with Gasteiger partial charge in [-0.2, -0.15) is 0 Å². The van der Waals surface area contributed by atoms with Crippen molar-refractivity contribution in [2.24, 2.45) is 5.73 Å². The van der Waals surface area contributed by atoms with E-state index in [0.29, 0.717) is 6.42 Å². The molecule has 20 heavy (non-hydrogen) atoms. The van der Waals surface area contributed by atoms with Gasteiger partial charge in [-0.15, -0.1) is 0 Å². The number of pyridine rings is 1. The summed E-state index contributed by atoms with van der Waals surface area (Å²) in [4.78, 5) is 15.5. The van der Waals surface area contributed by atoms with E-state index < -0.39 is 17.8 Å². The Kier molecular flexibility index (Phi) is 4.27. The highest BCUT2D eigenvalue weighted by Gasteiger charge is 2.15. The number of nitrogens with one attached hydrogen (secondary N) is 1. The maximum absolute atomic E-state index is 13.3. The summed E-state index contributed by atoms with van der Waals surface area (Å²) >= 11 is 0. The topological polar surface area (TPSA) is 88.2 Å². The number of anilines is 1. The third-order valence-corrected chi connectivity index (χ3v) is 2.76. The lowest BCUT2D eigenvalue weighted by Crippen LogP contribution is -2.37. The van der Waals surface area contributed by atoms with Crippen molar-refractivity contribution in [2.45, 2.75) is 12.5 Å². The summed E-state index contributed by atoms with van der Waals surface area (Å²) in [5.41, 5.74) is 6.63. The Hall–Kier alpha value is -2.47. The Balaban J connectivity index is 1.99. The minimum absolute atomic E-state index is 0.0474. The quantitative estimate of drug-likeness (QED) is 0.787. The van der Waals surface area contributed by atoms with Crippen LogP contribution in [0.1, 0.15) is 5.56 Å². The average Bonchev–Trinajstić information content (AvgIpc) is 2.44. The van der Waals surface area contributed by atoms with Crippen LogP contribution in [0.5, 0.6) is 5.75 Å². The first kappa shape index (κ1) is 14.0. The second-order valence-electron chi connectivity index (χ2n) is 4.32. The lowest BCUT2D eigenvalue weighted by molar-refractivity contribution is -0.117. The van der Waals surface area contributed by atoms with Crippen molar-refractivity contribution in [3.05, 3.63) is 54.1 Å². The molecule has 1 aromatic carbocycles. The second-order valence-corrected chi connectivity index (χ2v) is 4.32. The third kappa shape index (κ3) is 3.52. The molecule has 104 valence electrons. The first-order valence-electron chi connectivity index (χ1n) is 6.00. The summed E-state index contributed by atoms with van der Waals surface area (Å²) in [6.07, 6.45) is 2.68. The number of aromatic nitrogens is 1. The number of carbonyl (C=O) groups is 1. The normalized spacial score (nSPS) is 11.9. The maximum Gasteiger partial charge on any atom is 0.241 e. The molecule has 1 unspecified atom stereocenters. The number of hydrogen-bond acceptors (Lipinski definition) is 4. The van der Waals surface area contributed by atoms with Crippen molar-refractivity contribution < 1.29 is 14.3 Å². The first-order valence-corrected chi connectivity index (χ1v) is 6.00. The Morgan fingerprint density at radius 1 is 1.35 bits per heavy atom. The van der Waals surface area contributed by atoms with Gasteiger partial charge in [0, 0.05) is 6.20 Å². The van der Waals surface area contributed by atoms with Gasteiger partial charge in [0.05, 0.1) is 17.9 Å². The third-order valence-electron chi connectivity index (χ3n) is 2.76. The molecule has 0 radical (unpaired) electrons. The van der Waals surface area contributed by atoms with Gasteiger partial charge in [-0.25, -0.2) is 4.39 Å². The molecule has 0 aliphatic carbocycles. The maximum atomic E-state index is 13.3. The minimum Gasteiger partial charge on any atom is -0.508 e. The number of phenols is 1. The molecule has 0 spiro atoms. The van der Waals surface area contributed by atoms with Crippen LogP contribution in [-0.2, 0) is 11.2 Å². The molecule has 0 aliphatic heterocycles. The number of phenolic OH excluding ortho intramolecular Hbond substituents is 1. The minimum atomic E-state index is -0.813. The van der Waals surface area contributed by atoms with E-state index in [-0.39, 0.29) is 11.4 Å². The zero-order valence-corrected chi connectivity index (χ0v) is 10.6. The number of benzene rings is 1. The van der Waals surface area contributed by atoms with Crippen molar-refractivity contribution in [1.29, 1.82) is 0 Å². The average molecular weight is 275 g/mol. The van der Waals surface area contributed by atoms with Crippen LogP contribution in [0.25, 0.3) is 0 Å². The SMILES string of the molecule is NC(Cc1ccc(O)cc1)C(=O)Nc1ccncc1F. The number of amides is 1. The van der Waals surface area contributed by atoms with Crippen molar-refractivity contribution in [3.63, 3.8) is 0 Å². The summed E-state index contributed by atoms with van der Waals surface area (Å²) in [5.74, 6) is -0.952. The van der Waals surface area contributed by atoms with Gasteiger partial charge in [0.25, 0.3) is 0 Å². The lowest BCUT2D eigenvalue weighted by atomic mass is 10.1. The molecule has 5 nitrogen and oxygen atoms in total. The van der Waals surface area contributed by atoms with Gasteiger partial charge in [0.1, 0.15) is 5.75 Å². The van der Waals surface area contributed by atoms with E-state index in [9.17, 15) is 9.18 Å². The van der Waals surface area contributed by atoms with Crippen LogP contribution in [0.4, 0.5) is 10.1 Å². The van der Waals surface area contributed by atoms with Gasteiger partial charge in [-0.1, -0.05) is 12.1 Å². The summed E-state index contributed by atoms with van der Waals surface area (Å²) in [6.45, 7) is 0. The van der Waals surface area contributed by atoms with Crippen LogP contribution in [0.3, 0.4) is 0 Å². The smallest absolute Gasteiger partial charge is 0.241 e.